The van der Waals surface area contributed by atoms with Gasteiger partial charge in [-0.1, -0.05) is 42.5 Å². The summed E-state index contributed by atoms with van der Waals surface area (Å²) in [7, 11) is 0. The lowest BCUT2D eigenvalue weighted by molar-refractivity contribution is -0.133. The summed E-state index contributed by atoms with van der Waals surface area (Å²) in [5, 5.41) is 5.07. The fraction of sp³-hybridized carbons (Fsp3) is 0.269. The van der Waals surface area contributed by atoms with Crippen LogP contribution in [0.2, 0.25) is 0 Å². The van der Waals surface area contributed by atoms with E-state index in [0.29, 0.717) is 31.7 Å². The number of aromatic nitrogens is 1. The first-order valence-corrected chi connectivity index (χ1v) is 11.7. The van der Waals surface area contributed by atoms with Gasteiger partial charge in [0.25, 0.3) is 5.91 Å². The Bertz CT molecular complexity index is 1080. The van der Waals surface area contributed by atoms with Crippen LogP contribution in [-0.4, -0.2) is 41.3 Å². The van der Waals surface area contributed by atoms with Crippen molar-refractivity contribution in [2.75, 3.05) is 19.6 Å². The molecule has 1 N–H and O–H groups in total. The summed E-state index contributed by atoms with van der Waals surface area (Å²) in [5.74, 6) is -0.158. The molecule has 6 heteroatoms. The van der Waals surface area contributed by atoms with Crippen molar-refractivity contribution in [2.45, 2.75) is 19.3 Å². The van der Waals surface area contributed by atoms with Crippen molar-refractivity contribution in [1.82, 2.24) is 15.2 Å². The second kappa shape index (κ2) is 9.92. The highest BCUT2D eigenvalue weighted by Gasteiger charge is 2.44. The zero-order valence-electron chi connectivity index (χ0n) is 18.0. The van der Waals surface area contributed by atoms with Crippen LogP contribution in [0.3, 0.4) is 0 Å². The van der Waals surface area contributed by atoms with Crippen LogP contribution in [-0.2, 0) is 11.2 Å². The average Bonchev–Trinajstić information content (AvgIpc) is 3.38. The van der Waals surface area contributed by atoms with Gasteiger partial charge >= 0.3 is 0 Å². The van der Waals surface area contributed by atoms with Crippen LogP contribution in [0.25, 0.3) is 10.4 Å². The highest BCUT2D eigenvalue weighted by molar-refractivity contribution is 7.13. The van der Waals surface area contributed by atoms with Gasteiger partial charge in [-0.3, -0.25) is 14.6 Å². The van der Waals surface area contributed by atoms with E-state index < -0.39 is 5.41 Å². The molecule has 0 aliphatic carbocycles. The van der Waals surface area contributed by atoms with Crippen molar-refractivity contribution in [3.05, 3.63) is 90.1 Å². The molecule has 1 unspecified atom stereocenters. The normalized spacial score (nSPS) is 18.2. The van der Waals surface area contributed by atoms with Crippen LogP contribution >= 0.6 is 11.3 Å². The van der Waals surface area contributed by atoms with Gasteiger partial charge in [-0.05, 0) is 54.0 Å². The quantitative estimate of drug-likeness (QED) is 0.542. The van der Waals surface area contributed by atoms with Crippen LogP contribution in [0, 0.1) is 5.41 Å². The van der Waals surface area contributed by atoms with Gasteiger partial charge in [0.1, 0.15) is 5.69 Å². The molecule has 32 heavy (non-hydrogen) atoms. The number of hydrogen-bond acceptors (Lipinski definition) is 4. The number of thiophene rings is 1. The fourth-order valence-corrected chi connectivity index (χ4v) is 5.22. The molecule has 2 amide bonds. The molecule has 0 saturated carbocycles. The van der Waals surface area contributed by atoms with Gasteiger partial charge in [0.15, 0.2) is 0 Å². The number of carbonyl (C=O) groups excluding carboxylic acids is 2. The monoisotopic (exact) mass is 445 g/mol. The molecule has 1 atom stereocenters. The minimum absolute atomic E-state index is 0.0306. The average molecular weight is 446 g/mol. The largest absolute Gasteiger partial charge is 0.352 e. The summed E-state index contributed by atoms with van der Waals surface area (Å²) < 4.78 is 0. The van der Waals surface area contributed by atoms with Crippen molar-refractivity contribution < 1.29 is 9.59 Å². The third-order valence-corrected chi connectivity index (χ3v) is 6.87. The van der Waals surface area contributed by atoms with Crippen LogP contribution in [0.15, 0.2) is 78.8 Å². The Balaban J connectivity index is 1.67. The standard InChI is InChI=1S/C26H27N3O2S/c1-2-14-28-25(31)26(18-20-9-3-4-10-21(20)23-12-7-17-32-23)13-8-16-29(19-26)24(30)22-11-5-6-15-27-22/h2-7,9-12,15,17H,1,8,13-14,16,18-19H2,(H,28,31). The summed E-state index contributed by atoms with van der Waals surface area (Å²) in [6.07, 6.45) is 5.36. The third-order valence-electron chi connectivity index (χ3n) is 5.97. The zero-order chi connectivity index (χ0) is 22.4. The maximum absolute atomic E-state index is 13.5. The Labute approximate surface area is 192 Å². The maximum atomic E-state index is 13.5. The van der Waals surface area contributed by atoms with Gasteiger partial charge in [0.05, 0.1) is 5.41 Å². The molecule has 1 aliphatic heterocycles. The Hall–Kier alpha value is -3.25. The molecule has 4 rings (SSSR count). The molecule has 3 heterocycles. The van der Waals surface area contributed by atoms with Gasteiger partial charge in [0, 0.05) is 30.7 Å². The van der Waals surface area contributed by atoms with Crippen molar-refractivity contribution >= 4 is 23.2 Å². The summed E-state index contributed by atoms with van der Waals surface area (Å²) in [4.78, 5) is 33.8. The molecule has 1 fully saturated rings. The Morgan fingerprint density at radius 3 is 2.75 bits per heavy atom. The van der Waals surface area contributed by atoms with Crippen molar-refractivity contribution in [3.63, 3.8) is 0 Å². The molecule has 1 aromatic carbocycles. The molecule has 0 bridgehead atoms. The summed E-state index contributed by atoms with van der Waals surface area (Å²) in [6.45, 7) is 5.12. The van der Waals surface area contributed by atoms with Gasteiger partial charge in [0.2, 0.25) is 5.91 Å². The van der Waals surface area contributed by atoms with E-state index in [4.69, 9.17) is 0 Å². The lowest BCUT2D eigenvalue weighted by atomic mass is 9.73. The van der Waals surface area contributed by atoms with E-state index in [1.165, 1.54) is 4.88 Å². The first kappa shape index (κ1) is 22.0. The molecule has 5 nitrogen and oxygen atoms in total. The maximum Gasteiger partial charge on any atom is 0.272 e. The smallest absolute Gasteiger partial charge is 0.272 e. The SMILES string of the molecule is C=CCNC(=O)C1(Cc2ccccc2-c2cccs2)CCCN(C(=O)c2ccccn2)C1. The second-order valence-electron chi connectivity index (χ2n) is 8.14. The van der Waals surface area contributed by atoms with Crippen LogP contribution in [0.1, 0.15) is 28.9 Å². The molecular weight excluding hydrogens is 418 g/mol. The molecule has 164 valence electrons. The molecule has 1 aliphatic rings. The number of benzene rings is 1. The zero-order valence-corrected chi connectivity index (χ0v) is 18.8. The van der Waals surface area contributed by atoms with E-state index in [1.54, 1.807) is 40.6 Å². The van der Waals surface area contributed by atoms with E-state index in [1.807, 2.05) is 24.3 Å². The van der Waals surface area contributed by atoms with Crippen molar-refractivity contribution in [3.8, 4) is 10.4 Å². The lowest BCUT2D eigenvalue weighted by Gasteiger charge is -2.42. The van der Waals surface area contributed by atoms with Crippen molar-refractivity contribution in [2.24, 2.45) is 5.41 Å². The predicted octanol–water partition coefficient (Wildman–Crippen LogP) is 4.58. The summed E-state index contributed by atoms with van der Waals surface area (Å²) in [5.41, 5.74) is 1.97. The summed E-state index contributed by atoms with van der Waals surface area (Å²) >= 11 is 1.69. The van der Waals surface area contributed by atoms with Gasteiger partial charge in [-0.15, -0.1) is 17.9 Å². The predicted molar refractivity (Wildman–Crippen MR) is 128 cm³/mol. The number of rotatable bonds is 7. The topological polar surface area (TPSA) is 62.3 Å². The molecule has 1 saturated heterocycles. The number of carbonyl (C=O) groups is 2. The van der Waals surface area contributed by atoms with E-state index in [9.17, 15) is 9.59 Å². The highest BCUT2D eigenvalue weighted by Crippen LogP contribution is 2.38. The van der Waals surface area contributed by atoms with Gasteiger partial charge in [-0.2, -0.15) is 0 Å². The molecule has 2 aromatic heterocycles. The van der Waals surface area contributed by atoms with Crippen LogP contribution in [0.5, 0.6) is 0 Å². The third kappa shape index (κ3) is 4.65. The molecule has 0 spiro atoms. The highest BCUT2D eigenvalue weighted by atomic mass is 32.1. The van der Waals surface area contributed by atoms with Crippen molar-refractivity contribution in [1.29, 1.82) is 0 Å². The minimum atomic E-state index is -0.709. The minimum Gasteiger partial charge on any atom is -0.352 e. The summed E-state index contributed by atoms with van der Waals surface area (Å²) in [6, 6.07) is 17.7. The molecular formula is C26H27N3O2S. The molecule has 3 aromatic rings. The number of hydrogen-bond donors (Lipinski definition) is 1. The first-order valence-electron chi connectivity index (χ1n) is 10.8. The van der Waals surface area contributed by atoms with E-state index in [2.05, 4.69) is 40.5 Å². The molecule has 0 radical (unpaired) electrons. The Morgan fingerprint density at radius 2 is 2.00 bits per heavy atom. The number of nitrogens with one attached hydrogen (secondary N) is 1. The Kier molecular flexibility index (Phi) is 6.81. The number of piperidine rings is 1. The van der Waals surface area contributed by atoms with Gasteiger partial charge in [-0.25, -0.2) is 0 Å². The van der Waals surface area contributed by atoms with E-state index in [0.717, 1.165) is 24.0 Å². The fourth-order valence-electron chi connectivity index (χ4n) is 4.43. The van der Waals surface area contributed by atoms with Gasteiger partial charge < -0.3 is 10.2 Å². The van der Waals surface area contributed by atoms with E-state index in [-0.39, 0.29) is 11.8 Å². The first-order chi connectivity index (χ1) is 15.6. The number of nitrogens with zero attached hydrogens (tertiary/aromatic N) is 2. The van der Waals surface area contributed by atoms with Crippen LogP contribution in [0.4, 0.5) is 0 Å². The van der Waals surface area contributed by atoms with E-state index >= 15 is 0 Å². The number of likely N-dealkylation sites (tertiary alicyclic amines) is 1. The van der Waals surface area contributed by atoms with Crippen LogP contribution < -0.4 is 5.32 Å². The number of pyridine rings is 1. The second-order valence-corrected chi connectivity index (χ2v) is 9.08. The lowest BCUT2D eigenvalue weighted by Crippen LogP contribution is -2.54. The Morgan fingerprint density at radius 1 is 1.16 bits per heavy atom. The number of amides is 2.